The molecule has 0 saturated carbocycles. The van der Waals surface area contributed by atoms with Crippen LogP contribution in [0.5, 0.6) is 0 Å². The van der Waals surface area contributed by atoms with Crippen molar-refractivity contribution in [1.29, 1.82) is 0 Å². The summed E-state index contributed by atoms with van der Waals surface area (Å²) in [4.78, 5) is 19.3. The number of likely N-dealkylation sites (tertiary alicyclic amines) is 1. The third kappa shape index (κ3) is 4.88. The van der Waals surface area contributed by atoms with Crippen molar-refractivity contribution in [3.63, 3.8) is 0 Å². The molecular formula is C22H26N4OS. The number of rotatable bonds is 6. The number of urea groups is 1. The zero-order chi connectivity index (χ0) is 19.2. The lowest BCUT2D eigenvalue weighted by Gasteiger charge is -2.35. The third-order valence-electron chi connectivity index (χ3n) is 5.21. The average Bonchev–Trinajstić information content (AvgIpc) is 3.15. The van der Waals surface area contributed by atoms with Crippen LogP contribution in [-0.4, -0.2) is 35.0 Å². The highest BCUT2D eigenvalue weighted by molar-refractivity contribution is 7.18. The second-order valence-corrected chi connectivity index (χ2v) is 8.36. The van der Waals surface area contributed by atoms with Crippen LogP contribution in [0.3, 0.4) is 0 Å². The van der Waals surface area contributed by atoms with Gasteiger partial charge in [-0.2, -0.15) is 0 Å². The van der Waals surface area contributed by atoms with Crippen molar-refractivity contribution < 1.29 is 4.79 Å². The Bertz CT molecular complexity index is 878. The molecule has 2 aromatic carbocycles. The Morgan fingerprint density at radius 3 is 2.75 bits per heavy atom. The number of benzene rings is 2. The Kier molecular flexibility index (Phi) is 6.19. The molecule has 0 bridgehead atoms. The van der Waals surface area contributed by atoms with Gasteiger partial charge in [0.1, 0.15) is 5.01 Å². The number of para-hydroxylation sites is 1. The van der Waals surface area contributed by atoms with Gasteiger partial charge in [-0.1, -0.05) is 48.9 Å². The molecule has 4 rings (SSSR count). The standard InChI is InChI=1S/C22H26N4OS/c27-22(24-15-21-25-19-11-4-5-12-20(19)28-21)23-14-18-10-6-7-13-26(18)16-17-8-2-1-3-9-17/h1-5,8-9,11-12,18H,6-7,10,13-16H2,(H2,23,24,27). The fourth-order valence-electron chi connectivity index (χ4n) is 3.74. The first-order valence-electron chi connectivity index (χ1n) is 9.92. The van der Waals surface area contributed by atoms with E-state index in [0.717, 1.165) is 34.7 Å². The van der Waals surface area contributed by atoms with Crippen molar-refractivity contribution in [1.82, 2.24) is 20.5 Å². The molecule has 5 nitrogen and oxygen atoms in total. The molecule has 0 radical (unpaired) electrons. The van der Waals surface area contributed by atoms with E-state index in [1.165, 1.54) is 18.4 Å². The van der Waals surface area contributed by atoms with E-state index in [4.69, 9.17) is 0 Å². The number of aromatic nitrogens is 1. The first kappa shape index (κ1) is 18.9. The summed E-state index contributed by atoms with van der Waals surface area (Å²) in [5.74, 6) is 0. The van der Waals surface area contributed by atoms with E-state index in [1.807, 2.05) is 18.2 Å². The fraction of sp³-hybridized carbons (Fsp3) is 0.364. The zero-order valence-electron chi connectivity index (χ0n) is 15.9. The van der Waals surface area contributed by atoms with Gasteiger partial charge in [0.15, 0.2) is 0 Å². The summed E-state index contributed by atoms with van der Waals surface area (Å²) in [6, 6.07) is 18.9. The molecule has 1 saturated heterocycles. The van der Waals surface area contributed by atoms with E-state index >= 15 is 0 Å². The number of amides is 2. The highest BCUT2D eigenvalue weighted by atomic mass is 32.1. The van der Waals surface area contributed by atoms with Crippen LogP contribution in [0.1, 0.15) is 29.8 Å². The first-order valence-corrected chi connectivity index (χ1v) is 10.7. The van der Waals surface area contributed by atoms with Crippen LogP contribution in [0, 0.1) is 0 Å². The smallest absolute Gasteiger partial charge is 0.315 e. The van der Waals surface area contributed by atoms with E-state index in [0.29, 0.717) is 19.1 Å². The SMILES string of the molecule is O=C(NCc1nc2ccccc2s1)NCC1CCCCN1Cc1ccccc1. The van der Waals surface area contributed by atoms with Gasteiger partial charge < -0.3 is 10.6 Å². The maximum atomic E-state index is 12.3. The molecule has 0 aliphatic carbocycles. The molecule has 146 valence electrons. The first-order chi connectivity index (χ1) is 13.8. The summed E-state index contributed by atoms with van der Waals surface area (Å²) in [5, 5.41) is 6.93. The molecule has 6 heteroatoms. The van der Waals surface area contributed by atoms with Crippen LogP contribution in [-0.2, 0) is 13.1 Å². The number of hydrogen-bond acceptors (Lipinski definition) is 4. The number of carbonyl (C=O) groups excluding carboxylic acids is 1. The summed E-state index contributed by atoms with van der Waals surface area (Å²) >= 11 is 1.63. The molecule has 1 atom stereocenters. The van der Waals surface area contributed by atoms with Crippen LogP contribution >= 0.6 is 11.3 Å². The van der Waals surface area contributed by atoms with Gasteiger partial charge in [-0.25, -0.2) is 9.78 Å². The molecule has 1 unspecified atom stereocenters. The number of thiazole rings is 1. The van der Waals surface area contributed by atoms with Gasteiger partial charge in [0, 0.05) is 19.1 Å². The number of fused-ring (bicyclic) bond motifs is 1. The van der Waals surface area contributed by atoms with Gasteiger partial charge in [0.05, 0.1) is 16.8 Å². The van der Waals surface area contributed by atoms with Crippen LogP contribution in [0.15, 0.2) is 54.6 Å². The molecule has 28 heavy (non-hydrogen) atoms. The van der Waals surface area contributed by atoms with Crippen molar-refractivity contribution in [2.75, 3.05) is 13.1 Å². The predicted octanol–water partition coefficient (Wildman–Crippen LogP) is 4.15. The van der Waals surface area contributed by atoms with Crippen molar-refractivity contribution >= 4 is 27.6 Å². The summed E-state index contributed by atoms with van der Waals surface area (Å²) in [7, 11) is 0. The normalized spacial score (nSPS) is 17.5. The minimum atomic E-state index is -0.121. The number of piperidine rings is 1. The molecule has 1 aliphatic heterocycles. The highest BCUT2D eigenvalue weighted by Gasteiger charge is 2.22. The number of nitrogens with zero attached hydrogens (tertiary/aromatic N) is 2. The largest absolute Gasteiger partial charge is 0.337 e. The molecule has 1 aromatic heterocycles. The Balaban J connectivity index is 1.26. The van der Waals surface area contributed by atoms with Gasteiger partial charge in [-0.3, -0.25) is 4.90 Å². The quantitative estimate of drug-likeness (QED) is 0.660. The third-order valence-corrected chi connectivity index (χ3v) is 6.25. The maximum Gasteiger partial charge on any atom is 0.315 e. The monoisotopic (exact) mass is 394 g/mol. The Hall–Kier alpha value is -2.44. The summed E-state index contributed by atoms with van der Waals surface area (Å²) in [6.45, 7) is 3.18. The lowest BCUT2D eigenvalue weighted by molar-refractivity contribution is 0.138. The van der Waals surface area contributed by atoms with Gasteiger partial charge in [-0.15, -0.1) is 11.3 Å². The van der Waals surface area contributed by atoms with Gasteiger partial charge in [-0.05, 0) is 37.1 Å². The van der Waals surface area contributed by atoms with E-state index in [9.17, 15) is 4.79 Å². The van der Waals surface area contributed by atoms with E-state index < -0.39 is 0 Å². The lowest BCUT2D eigenvalue weighted by atomic mass is 10.0. The van der Waals surface area contributed by atoms with Crippen LogP contribution in [0.4, 0.5) is 4.79 Å². The molecule has 1 aliphatic rings. The number of nitrogens with one attached hydrogen (secondary N) is 2. The lowest BCUT2D eigenvalue weighted by Crippen LogP contribution is -2.48. The van der Waals surface area contributed by atoms with Crippen LogP contribution < -0.4 is 10.6 Å². The van der Waals surface area contributed by atoms with Gasteiger partial charge >= 0.3 is 6.03 Å². The Morgan fingerprint density at radius 2 is 1.89 bits per heavy atom. The Labute approximate surface area is 169 Å². The van der Waals surface area contributed by atoms with Crippen LogP contribution in [0.2, 0.25) is 0 Å². The fourth-order valence-corrected chi connectivity index (χ4v) is 4.65. The number of hydrogen-bond donors (Lipinski definition) is 2. The van der Waals surface area contributed by atoms with Crippen LogP contribution in [0.25, 0.3) is 10.2 Å². The summed E-state index contributed by atoms with van der Waals surface area (Å²) in [6.07, 6.45) is 3.59. The van der Waals surface area contributed by atoms with E-state index in [2.05, 4.69) is 56.9 Å². The summed E-state index contributed by atoms with van der Waals surface area (Å²) in [5.41, 5.74) is 2.32. The molecule has 2 amide bonds. The summed E-state index contributed by atoms with van der Waals surface area (Å²) < 4.78 is 1.15. The second-order valence-electron chi connectivity index (χ2n) is 7.24. The number of carbonyl (C=O) groups is 1. The van der Waals surface area contributed by atoms with Crippen molar-refractivity contribution in [3.05, 3.63) is 65.2 Å². The molecule has 1 fully saturated rings. The molecule has 2 heterocycles. The molecule has 2 N–H and O–H groups in total. The molecule has 3 aromatic rings. The Morgan fingerprint density at radius 1 is 1.07 bits per heavy atom. The predicted molar refractivity (Wildman–Crippen MR) is 114 cm³/mol. The molecular weight excluding hydrogens is 368 g/mol. The van der Waals surface area contributed by atoms with E-state index in [-0.39, 0.29) is 6.03 Å². The van der Waals surface area contributed by atoms with Gasteiger partial charge in [0.25, 0.3) is 0 Å². The average molecular weight is 395 g/mol. The van der Waals surface area contributed by atoms with Gasteiger partial charge in [0.2, 0.25) is 0 Å². The van der Waals surface area contributed by atoms with E-state index in [1.54, 1.807) is 11.3 Å². The van der Waals surface area contributed by atoms with Crippen molar-refractivity contribution in [3.8, 4) is 0 Å². The van der Waals surface area contributed by atoms with Crippen molar-refractivity contribution in [2.45, 2.75) is 38.4 Å². The minimum absolute atomic E-state index is 0.121. The topological polar surface area (TPSA) is 57.3 Å². The molecule has 0 spiro atoms. The maximum absolute atomic E-state index is 12.3. The second kappa shape index (κ2) is 9.17. The van der Waals surface area contributed by atoms with Crippen molar-refractivity contribution in [2.24, 2.45) is 0 Å². The zero-order valence-corrected chi connectivity index (χ0v) is 16.8. The minimum Gasteiger partial charge on any atom is -0.337 e. The highest BCUT2D eigenvalue weighted by Crippen LogP contribution is 2.21.